The second kappa shape index (κ2) is 19.8. The fourth-order valence-electron chi connectivity index (χ4n) is 10.5. The molecule has 0 aromatic heterocycles. The van der Waals surface area contributed by atoms with Gasteiger partial charge >= 0.3 is 0 Å². The average molecular weight is 943 g/mol. The number of carbonyl (C=O) groups excluding carboxylic acids is 4. The van der Waals surface area contributed by atoms with Gasteiger partial charge in [-0.25, -0.2) is 13.2 Å². The molecule has 8 N–H and O–H groups in total. The summed E-state index contributed by atoms with van der Waals surface area (Å²) in [6, 6.07) is 20.7. The maximum atomic E-state index is 14.3. The predicted molar refractivity (Wildman–Crippen MR) is 250 cm³/mol. The van der Waals surface area contributed by atoms with Gasteiger partial charge in [-0.3, -0.25) is 24.1 Å². The molecular weight excluding hydrogens is 887 g/mol. The fourth-order valence-corrected chi connectivity index (χ4v) is 14.9. The molecule has 0 radical (unpaired) electrons. The van der Waals surface area contributed by atoms with E-state index in [2.05, 4.69) is 5.32 Å². The Labute approximate surface area is 387 Å². The summed E-state index contributed by atoms with van der Waals surface area (Å²) in [7, 11) is 0.472. The Balaban J connectivity index is 0.950. The Bertz CT molecular complexity index is 2510. The lowest BCUT2D eigenvalue weighted by molar-refractivity contribution is -0.169. The van der Waals surface area contributed by atoms with Crippen molar-refractivity contribution in [1.29, 1.82) is 0 Å². The molecule has 0 saturated heterocycles. The molecule has 3 aliphatic carbocycles. The highest BCUT2D eigenvalue weighted by Crippen LogP contribution is 2.58. The number of unbranched alkanes of at least 4 members (excludes halogenated alkanes) is 7. The first-order valence-electron chi connectivity index (χ1n) is 22.5. The number of hydrogen-bond acceptors (Lipinski definition) is 10. The molecule has 6 atom stereocenters. The third kappa shape index (κ3) is 8.90. The number of anilines is 1. The van der Waals surface area contributed by atoms with Crippen LogP contribution in [-0.2, 0) is 19.2 Å². The van der Waals surface area contributed by atoms with Crippen molar-refractivity contribution in [2.24, 2.45) is 17.6 Å². The van der Waals surface area contributed by atoms with Gasteiger partial charge in [0.2, 0.25) is 11.7 Å². The summed E-state index contributed by atoms with van der Waals surface area (Å²) in [5.74, 6) is -11.5. The van der Waals surface area contributed by atoms with E-state index < -0.39 is 94.6 Å². The number of ketones is 2. The average Bonchev–Trinajstić information content (AvgIpc) is 3.28. The van der Waals surface area contributed by atoms with Crippen LogP contribution < -0.4 is 27.0 Å². The first kappa shape index (κ1) is 49.1. The van der Waals surface area contributed by atoms with Crippen molar-refractivity contribution in [1.82, 2.24) is 4.90 Å². The second-order valence-electron chi connectivity index (χ2n) is 18.1. The standard InChI is InChI=1S/C51H55F3N3O9P/c1-28-35-25-26-36(44(59)39(35)45(60)40-38(28)46(61)42-43(57(2)3)47(62)41(50(55)65)49(64)51(42,66)48(40)63)56-37(58)12-10-8-6-4-5-7-9-11-27-67(32-19-13-29(52)14-20-32,33-21-15-30(53)16-22-33)34-23-17-31(54)18-24-34/h13-26,28,38,42-43,46,61,66H,4-12,27H2,1-3H3,(H5-,55,56,58,59,60,62,63,64,65)/p+1/t28-,38+,42+,43-,46-,51-/m0/s1. The molecule has 7 rings (SSSR count). The summed E-state index contributed by atoms with van der Waals surface area (Å²) in [6.45, 7) is 1.63. The molecule has 0 unspecified atom stereocenters. The highest BCUT2D eigenvalue weighted by molar-refractivity contribution is 7.95. The van der Waals surface area contributed by atoms with Gasteiger partial charge in [-0.15, -0.1) is 0 Å². The lowest BCUT2D eigenvalue weighted by Crippen LogP contribution is -2.70. The quantitative estimate of drug-likeness (QED) is 0.0270. The van der Waals surface area contributed by atoms with Crippen molar-refractivity contribution in [3.63, 3.8) is 0 Å². The molecule has 16 heteroatoms. The number of aliphatic hydroxyl groups excluding tert-OH is 3. The van der Waals surface area contributed by atoms with Crippen molar-refractivity contribution in [2.75, 3.05) is 25.6 Å². The third-order valence-electron chi connectivity index (χ3n) is 13.9. The number of amides is 2. The molecule has 0 bridgehead atoms. The van der Waals surface area contributed by atoms with E-state index in [4.69, 9.17) is 5.73 Å². The Morgan fingerprint density at radius 2 is 1.22 bits per heavy atom. The number of benzene rings is 4. The van der Waals surface area contributed by atoms with E-state index in [-0.39, 0.29) is 35.1 Å². The van der Waals surface area contributed by atoms with Gasteiger partial charge in [-0.1, -0.05) is 45.1 Å². The monoisotopic (exact) mass is 942 g/mol. The summed E-state index contributed by atoms with van der Waals surface area (Å²) in [4.78, 5) is 54.4. The molecule has 1 fully saturated rings. The number of likely N-dealkylation sites (N-methyl/N-ethyl adjacent to an activating group) is 1. The van der Waals surface area contributed by atoms with Gasteiger partial charge in [0.15, 0.2) is 11.4 Å². The Morgan fingerprint density at radius 1 is 0.746 bits per heavy atom. The van der Waals surface area contributed by atoms with Crippen LogP contribution in [0, 0.1) is 29.3 Å². The fraction of sp³-hybridized carbons (Fsp3) is 0.373. The number of fused-ring (bicyclic) bond motifs is 3. The summed E-state index contributed by atoms with van der Waals surface area (Å²) < 4.78 is 42.3. The number of aromatic hydroxyl groups is 1. The van der Waals surface area contributed by atoms with Crippen molar-refractivity contribution >= 4 is 58.0 Å². The molecule has 12 nitrogen and oxygen atoms in total. The first-order valence-corrected chi connectivity index (χ1v) is 24.5. The Morgan fingerprint density at radius 3 is 1.70 bits per heavy atom. The number of phenolic OH excluding ortho intramolecular Hbond substituents is 1. The highest BCUT2D eigenvalue weighted by Gasteiger charge is 2.68. The largest absolute Gasteiger partial charge is 0.508 e. The molecule has 4 aromatic rings. The summed E-state index contributed by atoms with van der Waals surface area (Å²) in [6.07, 6.45) is 5.91. The van der Waals surface area contributed by atoms with Crippen LogP contribution in [0.15, 0.2) is 102 Å². The van der Waals surface area contributed by atoms with Crippen LogP contribution in [0.4, 0.5) is 18.9 Å². The van der Waals surface area contributed by atoms with E-state index in [0.29, 0.717) is 12.0 Å². The van der Waals surface area contributed by atoms with Crippen LogP contribution in [-0.4, -0.2) is 91.8 Å². The summed E-state index contributed by atoms with van der Waals surface area (Å²) in [5.41, 5.74) is 0.871. The van der Waals surface area contributed by atoms with Crippen molar-refractivity contribution in [3.05, 3.63) is 130 Å². The molecule has 0 aliphatic heterocycles. The molecule has 1 saturated carbocycles. The number of Topliss-reactive ketones (excluding diaryl/α,β-unsaturated/α-hetero) is 2. The van der Waals surface area contributed by atoms with Gasteiger partial charge < -0.3 is 36.6 Å². The maximum Gasteiger partial charge on any atom is 0.255 e. The van der Waals surface area contributed by atoms with Crippen LogP contribution in [0.1, 0.15) is 81.8 Å². The van der Waals surface area contributed by atoms with Gasteiger partial charge in [0.05, 0.1) is 35.5 Å². The van der Waals surface area contributed by atoms with Crippen molar-refractivity contribution in [2.45, 2.75) is 88.4 Å². The smallest absolute Gasteiger partial charge is 0.255 e. The van der Waals surface area contributed by atoms with Crippen molar-refractivity contribution in [3.8, 4) is 5.75 Å². The first-order chi connectivity index (χ1) is 31.9. The number of halogens is 3. The van der Waals surface area contributed by atoms with Crippen LogP contribution in [0.3, 0.4) is 0 Å². The molecule has 67 heavy (non-hydrogen) atoms. The minimum atomic E-state index is -3.04. The molecule has 0 spiro atoms. The minimum Gasteiger partial charge on any atom is -0.508 e. The Hall–Kier alpha value is -5.86. The van der Waals surface area contributed by atoms with Gasteiger partial charge in [0, 0.05) is 17.9 Å². The maximum absolute atomic E-state index is 14.3. The van der Waals surface area contributed by atoms with E-state index >= 15 is 0 Å². The SMILES string of the molecule is C[C@H]1c2ccc(NC(=O)CCCCCCCCCC[P+](c3ccc(F)cc3)(c3ccc(F)cc3)c3ccc(F)cc3)c(O)c2C(O)=C2C(=O)[C@]3(O)C(O)=C(C(N)=O)C(=O)[C@@H](N(C)C)[C@@H]3[C@@H](O)[C@@H]21. The summed E-state index contributed by atoms with van der Waals surface area (Å²) in [5, 5.41) is 63.4. The number of nitrogens with one attached hydrogen (secondary N) is 1. The molecule has 4 aromatic carbocycles. The normalized spacial score (nSPS) is 22.7. The zero-order valence-corrected chi connectivity index (χ0v) is 38.4. The van der Waals surface area contributed by atoms with Crippen LogP contribution in [0.2, 0.25) is 0 Å². The number of carbonyl (C=O) groups is 4. The summed E-state index contributed by atoms with van der Waals surface area (Å²) >= 11 is 0. The van der Waals surface area contributed by atoms with Gasteiger partial charge in [-0.2, -0.15) is 0 Å². The van der Waals surface area contributed by atoms with Crippen LogP contribution in [0.5, 0.6) is 5.75 Å². The zero-order chi connectivity index (χ0) is 48.5. The second-order valence-corrected chi connectivity index (χ2v) is 21.7. The van der Waals surface area contributed by atoms with Gasteiger partial charge in [0.25, 0.3) is 5.91 Å². The minimum absolute atomic E-state index is 0.0543. The molecule has 354 valence electrons. The van der Waals surface area contributed by atoms with Gasteiger partial charge in [0.1, 0.15) is 63.5 Å². The van der Waals surface area contributed by atoms with Gasteiger partial charge in [-0.05, 0) is 124 Å². The van der Waals surface area contributed by atoms with E-state index in [1.807, 2.05) is 0 Å². The molecule has 0 heterocycles. The van der Waals surface area contributed by atoms with Crippen molar-refractivity contribution < 1.29 is 57.9 Å². The predicted octanol–water partition coefficient (Wildman–Crippen LogP) is 6.36. The van der Waals surface area contributed by atoms with E-state index in [9.17, 15) is 57.9 Å². The number of nitrogens with two attached hydrogens (primary N) is 1. The van der Waals surface area contributed by atoms with E-state index in [1.165, 1.54) is 67.5 Å². The molecule has 2 amide bonds. The molecule has 3 aliphatic rings. The Kier molecular flexibility index (Phi) is 14.5. The number of primary amides is 1. The molecular formula is C51H56F3N3O9P+. The lowest BCUT2D eigenvalue weighted by atomic mass is 9.54. The van der Waals surface area contributed by atoms with Crippen LogP contribution in [0.25, 0.3) is 5.76 Å². The lowest BCUT2D eigenvalue weighted by Gasteiger charge is -2.53. The highest BCUT2D eigenvalue weighted by atomic mass is 31.2. The number of nitrogens with zero attached hydrogens (tertiary/aromatic N) is 1. The van der Waals surface area contributed by atoms with E-state index in [1.54, 1.807) is 43.3 Å². The third-order valence-corrected chi connectivity index (χ3v) is 18.4. The number of aliphatic hydroxyl groups is 4. The number of phenols is 1. The number of rotatable bonds is 17. The van der Waals surface area contributed by atoms with E-state index in [0.717, 1.165) is 67.0 Å². The van der Waals surface area contributed by atoms with Crippen LogP contribution >= 0.6 is 7.26 Å². The topological polar surface area (TPSA) is 211 Å². The zero-order valence-electron chi connectivity index (χ0n) is 37.5. The number of hydrogen-bond donors (Lipinski definition) is 7.